The van der Waals surface area contributed by atoms with E-state index in [4.69, 9.17) is 0 Å². The van der Waals surface area contributed by atoms with Gasteiger partial charge in [-0.3, -0.25) is 4.68 Å². The molecule has 1 aliphatic carbocycles. The van der Waals surface area contributed by atoms with Crippen LogP contribution in [0.2, 0.25) is 0 Å². The molecule has 1 fully saturated rings. The van der Waals surface area contributed by atoms with Crippen LogP contribution in [0.4, 0.5) is 0 Å². The Morgan fingerprint density at radius 2 is 2.19 bits per heavy atom. The van der Waals surface area contributed by atoms with Crippen LogP contribution < -0.4 is 4.72 Å². The van der Waals surface area contributed by atoms with Crippen molar-refractivity contribution in [3.05, 3.63) is 35.9 Å². The summed E-state index contributed by atoms with van der Waals surface area (Å²) in [7, 11) is -1.81. The van der Waals surface area contributed by atoms with Crippen molar-refractivity contribution >= 4 is 10.0 Å². The molecule has 2 aromatic rings. The molecule has 21 heavy (non-hydrogen) atoms. The molecule has 2 N–H and O–H groups in total. The Hall–Kier alpha value is -1.64. The molecule has 0 spiro atoms. The van der Waals surface area contributed by atoms with Crippen LogP contribution in [-0.4, -0.2) is 27.9 Å². The van der Waals surface area contributed by atoms with E-state index in [1.165, 1.54) is 6.07 Å². The van der Waals surface area contributed by atoms with Crippen LogP contribution in [0.25, 0.3) is 0 Å². The first-order chi connectivity index (χ1) is 9.99. The Morgan fingerprint density at radius 3 is 2.76 bits per heavy atom. The van der Waals surface area contributed by atoms with Crippen LogP contribution in [-0.2, 0) is 30.2 Å². The standard InChI is InChI=1S/C13H18N4O3S/c1-16-7-10(5-14-16)6-15-21(19,20)13-4-12(9-18)17(8-13)11-2-3-11/h4-5,7-8,11,15,18H,2-3,6,9H2,1H3. The third-order valence-electron chi connectivity index (χ3n) is 3.54. The first kappa shape index (κ1) is 14.3. The average Bonchev–Trinajstić information content (AvgIpc) is 3.05. The molecule has 0 radical (unpaired) electrons. The van der Waals surface area contributed by atoms with Crippen molar-refractivity contribution < 1.29 is 13.5 Å². The molecule has 0 aromatic carbocycles. The van der Waals surface area contributed by atoms with Crippen molar-refractivity contribution in [3.63, 3.8) is 0 Å². The molecule has 1 aliphatic rings. The molecule has 0 amide bonds. The van der Waals surface area contributed by atoms with Crippen LogP contribution in [0, 0.1) is 0 Å². The maximum atomic E-state index is 12.3. The third kappa shape index (κ3) is 3.02. The lowest BCUT2D eigenvalue weighted by Crippen LogP contribution is -2.22. The van der Waals surface area contributed by atoms with Crippen molar-refractivity contribution in [2.75, 3.05) is 0 Å². The summed E-state index contributed by atoms with van der Waals surface area (Å²) in [6.07, 6.45) is 7.05. The number of sulfonamides is 1. The molecule has 1 saturated carbocycles. The van der Waals surface area contributed by atoms with Gasteiger partial charge >= 0.3 is 0 Å². The fourth-order valence-electron chi connectivity index (χ4n) is 2.29. The highest BCUT2D eigenvalue weighted by molar-refractivity contribution is 7.89. The molecule has 0 aliphatic heterocycles. The Balaban J connectivity index is 1.77. The fourth-order valence-corrected chi connectivity index (χ4v) is 3.35. The number of aliphatic hydroxyl groups is 1. The zero-order valence-electron chi connectivity index (χ0n) is 11.7. The second kappa shape index (κ2) is 5.28. The molecule has 7 nitrogen and oxygen atoms in total. The smallest absolute Gasteiger partial charge is 0.242 e. The van der Waals surface area contributed by atoms with Gasteiger partial charge in [0.2, 0.25) is 10.0 Å². The Morgan fingerprint density at radius 1 is 1.43 bits per heavy atom. The van der Waals surface area contributed by atoms with E-state index < -0.39 is 10.0 Å². The lowest BCUT2D eigenvalue weighted by Gasteiger charge is -2.04. The van der Waals surface area contributed by atoms with Gasteiger partial charge in [-0.15, -0.1) is 0 Å². The summed E-state index contributed by atoms with van der Waals surface area (Å²) < 4.78 is 30.6. The minimum Gasteiger partial charge on any atom is -0.390 e. The molecular weight excluding hydrogens is 292 g/mol. The van der Waals surface area contributed by atoms with Crippen LogP contribution in [0.1, 0.15) is 30.1 Å². The normalized spacial score (nSPS) is 15.5. The highest BCUT2D eigenvalue weighted by Gasteiger charge is 2.28. The van der Waals surface area contributed by atoms with Gasteiger partial charge in [0.25, 0.3) is 0 Å². The SMILES string of the molecule is Cn1cc(CNS(=O)(=O)c2cc(CO)n(C3CC3)c2)cn1. The molecule has 0 atom stereocenters. The lowest BCUT2D eigenvalue weighted by molar-refractivity contribution is 0.270. The van der Waals surface area contributed by atoms with Gasteiger partial charge in [0.1, 0.15) is 0 Å². The van der Waals surface area contributed by atoms with E-state index in [1.54, 1.807) is 30.3 Å². The summed E-state index contributed by atoms with van der Waals surface area (Å²) in [6.45, 7) is 0.0356. The van der Waals surface area contributed by atoms with Gasteiger partial charge in [0.15, 0.2) is 0 Å². The molecule has 3 rings (SSSR count). The molecule has 114 valence electrons. The molecule has 2 aromatic heterocycles. The molecule has 8 heteroatoms. The summed E-state index contributed by atoms with van der Waals surface area (Å²) in [4.78, 5) is 0.197. The minimum absolute atomic E-state index is 0.158. The van der Waals surface area contributed by atoms with Gasteiger partial charge in [0, 0.05) is 43.3 Å². The summed E-state index contributed by atoms with van der Waals surface area (Å²) in [6, 6.07) is 1.86. The fraction of sp³-hybridized carbons (Fsp3) is 0.462. The van der Waals surface area contributed by atoms with Crippen molar-refractivity contribution in [2.24, 2.45) is 7.05 Å². The quantitative estimate of drug-likeness (QED) is 0.814. The molecule has 0 saturated heterocycles. The van der Waals surface area contributed by atoms with E-state index in [1.807, 2.05) is 4.57 Å². The monoisotopic (exact) mass is 310 g/mol. The van der Waals surface area contributed by atoms with E-state index in [0.29, 0.717) is 11.7 Å². The van der Waals surface area contributed by atoms with Crippen molar-refractivity contribution in [1.29, 1.82) is 0 Å². The van der Waals surface area contributed by atoms with Gasteiger partial charge in [-0.2, -0.15) is 5.10 Å². The van der Waals surface area contributed by atoms with Crippen LogP contribution >= 0.6 is 0 Å². The summed E-state index contributed by atoms with van der Waals surface area (Å²) in [5.74, 6) is 0. The zero-order chi connectivity index (χ0) is 15.0. The highest BCUT2D eigenvalue weighted by Crippen LogP contribution is 2.37. The number of nitrogens with one attached hydrogen (secondary N) is 1. The number of aliphatic hydroxyl groups excluding tert-OH is 1. The Bertz CT molecular complexity index is 743. The number of aryl methyl sites for hydroxylation is 1. The predicted octanol–water partition coefficient (Wildman–Crippen LogP) is 0.527. The largest absolute Gasteiger partial charge is 0.390 e. The maximum Gasteiger partial charge on any atom is 0.242 e. The first-order valence-electron chi connectivity index (χ1n) is 6.78. The van der Waals surface area contributed by atoms with Gasteiger partial charge in [-0.25, -0.2) is 13.1 Å². The number of hydrogen-bond acceptors (Lipinski definition) is 4. The van der Waals surface area contributed by atoms with E-state index in [9.17, 15) is 13.5 Å². The van der Waals surface area contributed by atoms with Gasteiger partial charge in [0.05, 0.1) is 17.7 Å². The topological polar surface area (TPSA) is 89.1 Å². The second-order valence-corrected chi connectivity index (χ2v) is 7.08. The number of rotatable bonds is 6. The second-order valence-electron chi connectivity index (χ2n) is 5.31. The highest BCUT2D eigenvalue weighted by atomic mass is 32.2. The molecule has 2 heterocycles. The predicted molar refractivity (Wildman–Crippen MR) is 75.9 cm³/mol. The van der Waals surface area contributed by atoms with Crippen LogP contribution in [0.5, 0.6) is 0 Å². The molecular formula is C13H18N4O3S. The number of nitrogens with zero attached hydrogens (tertiary/aromatic N) is 3. The van der Waals surface area contributed by atoms with Gasteiger partial charge in [-0.05, 0) is 18.9 Å². The summed E-state index contributed by atoms with van der Waals surface area (Å²) in [5, 5.41) is 13.3. The zero-order valence-corrected chi connectivity index (χ0v) is 12.5. The van der Waals surface area contributed by atoms with Crippen molar-refractivity contribution in [3.8, 4) is 0 Å². The lowest BCUT2D eigenvalue weighted by atomic mass is 10.4. The van der Waals surface area contributed by atoms with Crippen molar-refractivity contribution in [2.45, 2.75) is 36.9 Å². The average molecular weight is 310 g/mol. The van der Waals surface area contributed by atoms with Crippen molar-refractivity contribution in [1.82, 2.24) is 19.1 Å². The number of hydrogen-bond donors (Lipinski definition) is 2. The van der Waals surface area contributed by atoms with Gasteiger partial charge in [-0.1, -0.05) is 0 Å². The Labute approximate surface area is 123 Å². The minimum atomic E-state index is -3.59. The van der Waals surface area contributed by atoms with E-state index in [2.05, 4.69) is 9.82 Å². The summed E-state index contributed by atoms with van der Waals surface area (Å²) in [5.41, 5.74) is 1.43. The van der Waals surface area contributed by atoms with E-state index in [-0.39, 0.29) is 18.0 Å². The first-order valence-corrected chi connectivity index (χ1v) is 8.27. The molecule has 0 bridgehead atoms. The third-order valence-corrected chi connectivity index (χ3v) is 4.91. The van der Waals surface area contributed by atoms with E-state index in [0.717, 1.165) is 18.4 Å². The summed E-state index contributed by atoms with van der Waals surface area (Å²) >= 11 is 0. The molecule has 0 unspecified atom stereocenters. The van der Waals surface area contributed by atoms with Crippen LogP contribution in [0.3, 0.4) is 0 Å². The van der Waals surface area contributed by atoms with Gasteiger partial charge < -0.3 is 9.67 Å². The maximum absolute atomic E-state index is 12.3. The van der Waals surface area contributed by atoms with Crippen LogP contribution in [0.15, 0.2) is 29.6 Å². The number of aromatic nitrogens is 3. The van der Waals surface area contributed by atoms with E-state index >= 15 is 0 Å². The Kier molecular flexibility index (Phi) is 3.60.